The molecular formula is C19H23N5O2. The van der Waals surface area contributed by atoms with Gasteiger partial charge in [0.2, 0.25) is 11.5 Å². The number of nitrogens with one attached hydrogen (secondary N) is 2. The third kappa shape index (κ3) is 4.94. The second-order valence-electron chi connectivity index (χ2n) is 6.19. The molecule has 0 spiro atoms. The van der Waals surface area contributed by atoms with Gasteiger partial charge in [-0.3, -0.25) is 9.59 Å². The molecule has 0 aliphatic rings. The van der Waals surface area contributed by atoms with Crippen LogP contribution in [0.3, 0.4) is 0 Å². The highest BCUT2D eigenvalue weighted by Crippen LogP contribution is 2.22. The van der Waals surface area contributed by atoms with Gasteiger partial charge in [-0.2, -0.15) is 5.26 Å². The van der Waals surface area contributed by atoms with E-state index in [-0.39, 0.29) is 29.5 Å². The smallest absolute Gasteiger partial charge is 0.250 e. The van der Waals surface area contributed by atoms with E-state index in [1.54, 1.807) is 35.9 Å². The summed E-state index contributed by atoms with van der Waals surface area (Å²) < 4.78 is 1.55. The fourth-order valence-corrected chi connectivity index (χ4v) is 2.53. The Hall–Kier alpha value is -3.11. The van der Waals surface area contributed by atoms with Crippen LogP contribution in [0.1, 0.15) is 30.4 Å². The monoisotopic (exact) mass is 353 g/mol. The lowest BCUT2D eigenvalue weighted by Crippen LogP contribution is -2.26. The van der Waals surface area contributed by atoms with Crippen LogP contribution in [-0.2, 0) is 11.8 Å². The number of hydrogen-bond acceptors (Lipinski definition) is 5. The first-order valence-corrected chi connectivity index (χ1v) is 8.38. The normalized spacial score (nSPS) is 11.6. The zero-order valence-corrected chi connectivity index (χ0v) is 15.0. The van der Waals surface area contributed by atoms with Gasteiger partial charge in [0, 0.05) is 38.8 Å². The number of rotatable bonds is 7. The molecule has 0 aliphatic heterocycles. The fourth-order valence-electron chi connectivity index (χ4n) is 2.53. The molecular weight excluding hydrogens is 330 g/mol. The molecule has 1 unspecified atom stereocenters. The van der Waals surface area contributed by atoms with Gasteiger partial charge in [-0.05, 0) is 23.6 Å². The number of para-hydroxylation sites is 1. The topological polar surface area (TPSA) is 113 Å². The van der Waals surface area contributed by atoms with Gasteiger partial charge in [0.25, 0.3) is 0 Å². The van der Waals surface area contributed by atoms with Gasteiger partial charge in [0.1, 0.15) is 6.07 Å². The van der Waals surface area contributed by atoms with Crippen molar-refractivity contribution in [2.45, 2.75) is 19.3 Å². The van der Waals surface area contributed by atoms with E-state index in [9.17, 15) is 9.59 Å². The number of nitrogens with two attached hydrogens (primary N) is 1. The van der Waals surface area contributed by atoms with Crippen molar-refractivity contribution in [3.05, 3.63) is 58.0 Å². The first-order chi connectivity index (χ1) is 12.4. The summed E-state index contributed by atoms with van der Waals surface area (Å²) in [6, 6.07) is 10.3. The predicted molar refractivity (Wildman–Crippen MR) is 102 cm³/mol. The van der Waals surface area contributed by atoms with Gasteiger partial charge in [0.05, 0.1) is 16.9 Å². The molecule has 1 amide bonds. The Morgan fingerprint density at radius 3 is 2.81 bits per heavy atom. The number of nitriles is 1. The van der Waals surface area contributed by atoms with Gasteiger partial charge in [-0.1, -0.05) is 19.1 Å². The standard InChI is InChI=1S/C19H23N5O2/c1-13(15-6-7-18(26)24(2)12-15)11-22-9-8-17(25)23-16-5-3-4-14(10-20)19(16)21/h3-7,12-13,22H,8-9,11,21H2,1-2H3,(H,23,25). The highest BCUT2D eigenvalue weighted by Gasteiger charge is 2.09. The van der Waals surface area contributed by atoms with E-state index in [1.165, 1.54) is 0 Å². The Bertz CT molecular complexity index is 882. The number of carbonyl (C=O) groups excluding carboxylic acids is 1. The maximum Gasteiger partial charge on any atom is 0.250 e. The quantitative estimate of drug-likeness (QED) is 0.516. The molecule has 0 fully saturated rings. The van der Waals surface area contributed by atoms with Gasteiger partial charge in [0.15, 0.2) is 0 Å². The van der Waals surface area contributed by atoms with Crippen LogP contribution in [0.25, 0.3) is 0 Å². The molecule has 7 heteroatoms. The molecule has 1 heterocycles. The van der Waals surface area contributed by atoms with E-state index in [0.717, 1.165) is 5.56 Å². The first kappa shape index (κ1) is 19.2. The lowest BCUT2D eigenvalue weighted by molar-refractivity contribution is -0.116. The minimum absolute atomic E-state index is 0.0367. The number of anilines is 2. The minimum atomic E-state index is -0.172. The van der Waals surface area contributed by atoms with E-state index in [1.807, 2.05) is 18.3 Å². The van der Waals surface area contributed by atoms with Gasteiger partial charge in [-0.15, -0.1) is 0 Å². The van der Waals surface area contributed by atoms with Crippen molar-refractivity contribution < 1.29 is 4.79 Å². The van der Waals surface area contributed by atoms with Crippen LogP contribution in [-0.4, -0.2) is 23.6 Å². The van der Waals surface area contributed by atoms with Crippen LogP contribution < -0.4 is 21.9 Å². The summed E-state index contributed by atoms with van der Waals surface area (Å²) in [6.07, 6.45) is 2.11. The largest absolute Gasteiger partial charge is 0.396 e. The van der Waals surface area contributed by atoms with Crippen LogP contribution in [0.4, 0.5) is 11.4 Å². The second-order valence-corrected chi connectivity index (χ2v) is 6.19. The van der Waals surface area contributed by atoms with E-state index in [4.69, 9.17) is 11.0 Å². The maximum atomic E-state index is 12.0. The lowest BCUT2D eigenvalue weighted by Gasteiger charge is -2.14. The summed E-state index contributed by atoms with van der Waals surface area (Å²) in [7, 11) is 1.73. The molecule has 0 bridgehead atoms. The van der Waals surface area contributed by atoms with Crippen molar-refractivity contribution in [2.24, 2.45) is 7.05 Å². The summed E-state index contributed by atoms with van der Waals surface area (Å²) in [5, 5.41) is 14.9. The molecule has 2 rings (SSSR count). The third-order valence-corrected chi connectivity index (χ3v) is 4.16. The molecule has 1 atom stereocenters. The van der Waals surface area contributed by atoms with Crippen molar-refractivity contribution >= 4 is 17.3 Å². The summed E-state index contributed by atoms with van der Waals surface area (Å²) >= 11 is 0. The lowest BCUT2D eigenvalue weighted by atomic mass is 10.0. The summed E-state index contributed by atoms with van der Waals surface area (Å²) in [5.74, 6) is 0.0434. The van der Waals surface area contributed by atoms with E-state index >= 15 is 0 Å². The molecule has 136 valence electrons. The van der Waals surface area contributed by atoms with Crippen molar-refractivity contribution in [3.63, 3.8) is 0 Å². The van der Waals surface area contributed by atoms with E-state index < -0.39 is 0 Å². The van der Waals surface area contributed by atoms with Crippen LogP contribution in [0.2, 0.25) is 0 Å². The van der Waals surface area contributed by atoms with Crippen molar-refractivity contribution in [3.8, 4) is 6.07 Å². The van der Waals surface area contributed by atoms with Crippen LogP contribution >= 0.6 is 0 Å². The van der Waals surface area contributed by atoms with Crippen molar-refractivity contribution in [2.75, 3.05) is 24.1 Å². The number of nitrogens with zero attached hydrogens (tertiary/aromatic N) is 2. The number of hydrogen-bond donors (Lipinski definition) is 3. The highest BCUT2D eigenvalue weighted by atomic mass is 16.1. The van der Waals surface area contributed by atoms with Gasteiger partial charge in [-0.25, -0.2) is 0 Å². The summed E-state index contributed by atoms with van der Waals surface area (Å²) in [6.45, 7) is 3.26. The van der Waals surface area contributed by atoms with E-state index in [0.29, 0.717) is 24.3 Å². The number of aromatic nitrogens is 1. The molecule has 7 nitrogen and oxygen atoms in total. The number of benzene rings is 1. The Labute approximate surface area is 152 Å². The van der Waals surface area contributed by atoms with Crippen molar-refractivity contribution in [1.82, 2.24) is 9.88 Å². The fraction of sp³-hybridized carbons (Fsp3) is 0.316. The molecule has 0 aliphatic carbocycles. The number of aryl methyl sites for hydroxylation is 1. The van der Waals surface area contributed by atoms with Gasteiger partial charge < -0.3 is 20.9 Å². The number of nitrogen functional groups attached to an aromatic ring is 1. The minimum Gasteiger partial charge on any atom is -0.396 e. The molecule has 2 aromatic rings. The summed E-state index contributed by atoms with van der Waals surface area (Å²) in [4.78, 5) is 23.5. The highest BCUT2D eigenvalue weighted by molar-refractivity contribution is 5.94. The van der Waals surface area contributed by atoms with Crippen LogP contribution in [0.15, 0.2) is 41.3 Å². The second kappa shape index (κ2) is 8.83. The van der Waals surface area contributed by atoms with Crippen LogP contribution in [0, 0.1) is 11.3 Å². The summed E-state index contributed by atoms with van der Waals surface area (Å²) in [5.41, 5.74) is 7.94. The molecule has 0 radical (unpaired) electrons. The zero-order valence-electron chi connectivity index (χ0n) is 15.0. The third-order valence-electron chi connectivity index (χ3n) is 4.16. The molecule has 1 aromatic heterocycles. The van der Waals surface area contributed by atoms with Gasteiger partial charge >= 0.3 is 0 Å². The molecule has 0 saturated carbocycles. The Morgan fingerprint density at radius 2 is 2.12 bits per heavy atom. The predicted octanol–water partition coefficient (Wildman–Crippen LogP) is 1.56. The van der Waals surface area contributed by atoms with Crippen LogP contribution in [0.5, 0.6) is 0 Å². The average Bonchev–Trinajstić information content (AvgIpc) is 2.62. The Kier molecular flexibility index (Phi) is 6.53. The Morgan fingerprint density at radius 1 is 1.35 bits per heavy atom. The van der Waals surface area contributed by atoms with Crippen molar-refractivity contribution in [1.29, 1.82) is 5.26 Å². The molecule has 26 heavy (non-hydrogen) atoms. The SMILES string of the molecule is CC(CNCCC(=O)Nc1cccc(C#N)c1N)c1ccc(=O)n(C)c1. The number of amides is 1. The zero-order chi connectivity index (χ0) is 19.1. The molecule has 1 aromatic carbocycles. The molecule has 0 saturated heterocycles. The maximum absolute atomic E-state index is 12.0. The number of carbonyl (C=O) groups is 1. The average molecular weight is 353 g/mol. The van der Waals surface area contributed by atoms with E-state index in [2.05, 4.69) is 17.6 Å². The Balaban J connectivity index is 1.79. The number of pyridine rings is 1. The molecule has 4 N–H and O–H groups in total. The first-order valence-electron chi connectivity index (χ1n) is 8.38.